The third-order valence-corrected chi connectivity index (χ3v) is 3.88. The molecule has 2 rings (SSSR count). The van der Waals surface area contributed by atoms with Gasteiger partial charge in [0.2, 0.25) is 0 Å². The van der Waals surface area contributed by atoms with Gasteiger partial charge in [0.05, 0.1) is 10.6 Å². The lowest BCUT2D eigenvalue weighted by Crippen LogP contribution is -2.17. The van der Waals surface area contributed by atoms with E-state index in [1.165, 1.54) is 0 Å². The van der Waals surface area contributed by atoms with E-state index in [9.17, 15) is 30.4 Å². The van der Waals surface area contributed by atoms with Crippen molar-refractivity contribution in [2.75, 3.05) is 4.72 Å². The number of ether oxygens (including phenoxy) is 1. The largest absolute Gasteiger partial charge is 0.573 e. The molecule has 2 aromatic rings. The molecule has 124 valence electrons. The van der Waals surface area contributed by atoms with Crippen molar-refractivity contribution in [1.82, 2.24) is 0 Å². The molecule has 23 heavy (non-hydrogen) atoms. The van der Waals surface area contributed by atoms with Crippen LogP contribution >= 0.6 is 0 Å². The van der Waals surface area contributed by atoms with Gasteiger partial charge in [0.15, 0.2) is 0 Å². The summed E-state index contributed by atoms with van der Waals surface area (Å²) in [7, 11) is -4.23. The standard InChI is InChI=1S/C13H8F5NO3S/c14-8-5-9(15)7-10(6-8)19-23(20,21)12-3-1-11(2-4-12)22-13(16,17)18/h1-7,19H. The van der Waals surface area contributed by atoms with Crippen LogP contribution in [0.3, 0.4) is 0 Å². The Bertz CT molecular complexity index is 783. The smallest absolute Gasteiger partial charge is 0.406 e. The Kier molecular flexibility index (Phi) is 4.46. The third-order valence-electron chi connectivity index (χ3n) is 2.48. The van der Waals surface area contributed by atoms with E-state index >= 15 is 0 Å². The normalized spacial score (nSPS) is 12.0. The molecule has 10 heteroatoms. The van der Waals surface area contributed by atoms with Crippen LogP contribution in [0.2, 0.25) is 0 Å². The summed E-state index contributed by atoms with van der Waals surface area (Å²) in [5.41, 5.74) is -0.363. The van der Waals surface area contributed by atoms with Gasteiger partial charge in [-0.2, -0.15) is 0 Å². The van der Waals surface area contributed by atoms with Gasteiger partial charge >= 0.3 is 6.36 Å². The first kappa shape index (κ1) is 17.0. The monoisotopic (exact) mass is 353 g/mol. The third kappa shape index (κ3) is 4.81. The molecule has 2 aromatic carbocycles. The first-order valence-corrected chi connectivity index (χ1v) is 7.38. The van der Waals surface area contributed by atoms with Crippen molar-refractivity contribution in [3.05, 3.63) is 54.1 Å². The van der Waals surface area contributed by atoms with Crippen LogP contribution in [0.15, 0.2) is 47.4 Å². The molecule has 0 amide bonds. The summed E-state index contributed by atoms with van der Waals surface area (Å²) in [5.74, 6) is -2.58. The molecule has 0 aromatic heterocycles. The average Bonchev–Trinajstić information content (AvgIpc) is 2.35. The van der Waals surface area contributed by atoms with E-state index < -0.39 is 38.7 Å². The molecule has 0 radical (unpaired) electrons. The van der Waals surface area contributed by atoms with E-state index in [0.29, 0.717) is 6.07 Å². The van der Waals surface area contributed by atoms with Crippen LogP contribution in [0.1, 0.15) is 0 Å². The Balaban J connectivity index is 2.22. The number of rotatable bonds is 4. The maximum absolute atomic E-state index is 13.0. The second-order valence-corrected chi connectivity index (χ2v) is 5.97. The van der Waals surface area contributed by atoms with Gasteiger partial charge in [-0.1, -0.05) is 0 Å². The van der Waals surface area contributed by atoms with Crippen molar-refractivity contribution in [2.45, 2.75) is 11.3 Å². The van der Waals surface area contributed by atoms with Crippen molar-refractivity contribution >= 4 is 15.7 Å². The fraction of sp³-hybridized carbons (Fsp3) is 0.0769. The minimum atomic E-state index is -4.91. The second-order valence-electron chi connectivity index (χ2n) is 4.28. The van der Waals surface area contributed by atoms with Gasteiger partial charge in [0.1, 0.15) is 17.4 Å². The lowest BCUT2D eigenvalue weighted by Gasteiger charge is -2.11. The van der Waals surface area contributed by atoms with E-state index in [1.807, 2.05) is 4.72 Å². The molecule has 0 fully saturated rings. The fourth-order valence-corrected chi connectivity index (χ4v) is 2.69. The molecule has 0 heterocycles. The summed E-state index contributed by atoms with van der Waals surface area (Å²) in [4.78, 5) is -0.406. The molecule has 0 bridgehead atoms. The zero-order valence-corrected chi connectivity index (χ0v) is 11.9. The molecular weight excluding hydrogens is 345 g/mol. The minimum Gasteiger partial charge on any atom is -0.406 e. The first-order valence-electron chi connectivity index (χ1n) is 5.90. The first-order chi connectivity index (χ1) is 10.5. The van der Waals surface area contributed by atoms with Gasteiger partial charge in [-0.05, 0) is 36.4 Å². The van der Waals surface area contributed by atoms with Crippen LogP contribution in [-0.4, -0.2) is 14.8 Å². The van der Waals surface area contributed by atoms with Crippen molar-refractivity contribution in [2.24, 2.45) is 0 Å². The van der Waals surface area contributed by atoms with Gasteiger partial charge in [-0.3, -0.25) is 4.72 Å². The number of benzene rings is 2. The highest BCUT2D eigenvalue weighted by atomic mass is 32.2. The number of hydrogen-bond donors (Lipinski definition) is 1. The number of nitrogens with one attached hydrogen (secondary N) is 1. The molecule has 0 saturated carbocycles. The summed E-state index contributed by atoms with van der Waals surface area (Å²) in [6.45, 7) is 0. The van der Waals surface area contributed by atoms with Crippen LogP contribution < -0.4 is 9.46 Å². The molecule has 1 N–H and O–H groups in total. The molecule has 0 atom stereocenters. The quantitative estimate of drug-likeness (QED) is 0.854. The molecule has 0 spiro atoms. The molecule has 0 unspecified atom stereocenters. The maximum Gasteiger partial charge on any atom is 0.573 e. The minimum absolute atomic E-state index is 0.363. The van der Waals surface area contributed by atoms with Crippen molar-refractivity contribution in [3.63, 3.8) is 0 Å². The van der Waals surface area contributed by atoms with Crippen molar-refractivity contribution < 1.29 is 35.1 Å². The van der Waals surface area contributed by atoms with Crippen LogP contribution in [-0.2, 0) is 10.0 Å². The number of alkyl halides is 3. The Labute approximate surface area is 127 Å². The zero-order valence-electron chi connectivity index (χ0n) is 11.1. The van der Waals surface area contributed by atoms with Crippen molar-refractivity contribution in [3.8, 4) is 5.75 Å². The van der Waals surface area contributed by atoms with Crippen LogP contribution in [0.25, 0.3) is 0 Å². The summed E-state index contributed by atoms with van der Waals surface area (Å²) in [6.07, 6.45) is -4.91. The molecule has 0 saturated heterocycles. The SMILES string of the molecule is O=S(=O)(Nc1cc(F)cc(F)c1)c1ccc(OC(F)(F)F)cc1. The fourth-order valence-electron chi connectivity index (χ4n) is 1.65. The van der Waals surface area contributed by atoms with Crippen LogP contribution in [0.4, 0.5) is 27.6 Å². The topological polar surface area (TPSA) is 55.4 Å². The van der Waals surface area contributed by atoms with E-state index in [4.69, 9.17) is 0 Å². The number of halogens is 5. The number of anilines is 1. The number of hydrogen-bond acceptors (Lipinski definition) is 3. The van der Waals surface area contributed by atoms with Gasteiger partial charge in [-0.25, -0.2) is 17.2 Å². The summed E-state index contributed by atoms with van der Waals surface area (Å²) in [5, 5.41) is 0. The van der Waals surface area contributed by atoms with Gasteiger partial charge in [-0.15, -0.1) is 13.2 Å². The highest BCUT2D eigenvalue weighted by Crippen LogP contribution is 2.25. The van der Waals surface area contributed by atoms with E-state index in [-0.39, 0.29) is 5.69 Å². The van der Waals surface area contributed by atoms with E-state index in [2.05, 4.69) is 4.74 Å². The highest BCUT2D eigenvalue weighted by Gasteiger charge is 2.31. The van der Waals surface area contributed by atoms with Crippen LogP contribution in [0.5, 0.6) is 5.75 Å². The zero-order chi connectivity index (χ0) is 17.3. The second kappa shape index (κ2) is 6.03. The highest BCUT2D eigenvalue weighted by molar-refractivity contribution is 7.92. The summed E-state index contributed by atoms with van der Waals surface area (Å²) in [6, 6.07) is 5.38. The van der Waals surface area contributed by atoms with E-state index in [0.717, 1.165) is 36.4 Å². The molecule has 0 aliphatic rings. The van der Waals surface area contributed by atoms with Gasteiger partial charge < -0.3 is 4.74 Å². The Morgan fingerprint density at radius 2 is 1.43 bits per heavy atom. The lowest BCUT2D eigenvalue weighted by atomic mass is 10.3. The molecule has 0 aliphatic heterocycles. The Hall–Kier alpha value is -2.36. The lowest BCUT2D eigenvalue weighted by molar-refractivity contribution is -0.274. The average molecular weight is 353 g/mol. The molecule has 4 nitrogen and oxygen atoms in total. The summed E-state index contributed by atoms with van der Waals surface area (Å²) < 4.78 is 91.6. The van der Waals surface area contributed by atoms with Crippen molar-refractivity contribution in [1.29, 1.82) is 0 Å². The van der Waals surface area contributed by atoms with Crippen LogP contribution in [0, 0.1) is 11.6 Å². The Morgan fingerprint density at radius 1 is 0.913 bits per heavy atom. The van der Waals surface area contributed by atoms with E-state index in [1.54, 1.807) is 0 Å². The Morgan fingerprint density at radius 3 is 1.91 bits per heavy atom. The molecular formula is C13H8F5NO3S. The van der Waals surface area contributed by atoms with Gasteiger partial charge in [0, 0.05) is 6.07 Å². The maximum atomic E-state index is 13.0. The predicted molar refractivity (Wildman–Crippen MR) is 70.3 cm³/mol. The molecule has 0 aliphatic carbocycles. The predicted octanol–water partition coefficient (Wildman–Crippen LogP) is 3.66. The summed E-state index contributed by atoms with van der Waals surface area (Å²) >= 11 is 0. The number of sulfonamides is 1. The van der Waals surface area contributed by atoms with Gasteiger partial charge in [0.25, 0.3) is 10.0 Å².